The maximum atomic E-state index is 5.82. The van der Waals surface area contributed by atoms with Crippen molar-refractivity contribution >= 4 is 11.0 Å². The van der Waals surface area contributed by atoms with Crippen LogP contribution in [0.2, 0.25) is 0 Å². The van der Waals surface area contributed by atoms with Crippen molar-refractivity contribution in [1.82, 2.24) is 14.9 Å². The number of methoxy groups -OCH3 is 1. The van der Waals surface area contributed by atoms with Crippen LogP contribution in [0.25, 0.3) is 11.0 Å². The highest BCUT2D eigenvalue weighted by Gasteiger charge is 2.22. The van der Waals surface area contributed by atoms with Crippen molar-refractivity contribution in [3.63, 3.8) is 0 Å². The highest BCUT2D eigenvalue weighted by molar-refractivity contribution is 5.78. The highest BCUT2D eigenvalue weighted by Crippen LogP contribution is 2.26. The zero-order chi connectivity index (χ0) is 13.2. The summed E-state index contributed by atoms with van der Waals surface area (Å²) in [6, 6.07) is 6.01. The standard InChI is InChI=1S/C14H19N3O2/c1-3-17-12-5-4-10(18-2)8-11(12)16-14(17)13-9-15-6-7-19-13/h4-5,8,13,15H,3,6-7,9H2,1-2H3. The van der Waals surface area contributed by atoms with E-state index in [4.69, 9.17) is 14.5 Å². The number of hydrogen-bond donors (Lipinski definition) is 1. The van der Waals surface area contributed by atoms with Gasteiger partial charge in [0.1, 0.15) is 17.7 Å². The zero-order valence-corrected chi connectivity index (χ0v) is 11.3. The molecule has 0 bridgehead atoms. The fourth-order valence-electron chi connectivity index (χ4n) is 2.56. The molecular weight excluding hydrogens is 242 g/mol. The average Bonchev–Trinajstić information content (AvgIpc) is 2.85. The summed E-state index contributed by atoms with van der Waals surface area (Å²) in [7, 11) is 1.67. The molecule has 5 heteroatoms. The Bertz CT molecular complexity index is 573. The number of nitrogens with zero attached hydrogens (tertiary/aromatic N) is 2. The Morgan fingerprint density at radius 1 is 1.53 bits per heavy atom. The fraction of sp³-hybridized carbons (Fsp3) is 0.500. The topological polar surface area (TPSA) is 48.3 Å². The molecule has 19 heavy (non-hydrogen) atoms. The van der Waals surface area contributed by atoms with Gasteiger partial charge in [-0.05, 0) is 19.1 Å². The molecule has 1 aliphatic rings. The molecule has 2 heterocycles. The van der Waals surface area contributed by atoms with Crippen LogP contribution in [-0.2, 0) is 11.3 Å². The van der Waals surface area contributed by atoms with E-state index in [2.05, 4.69) is 22.9 Å². The summed E-state index contributed by atoms with van der Waals surface area (Å²) in [5, 5.41) is 3.35. The van der Waals surface area contributed by atoms with Crippen LogP contribution in [-0.4, -0.2) is 36.4 Å². The number of aromatic nitrogens is 2. The molecule has 1 unspecified atom stereocenters. The summed E-state index contributed by atoms with van der Waals surface area (Å²) in [6.45, 7) is 5.49. The molecule has 1 saturated heterocycles. The fourth-order valence-corrected chi connectivity index (χ4v) is 2.56. The Balaban J connectivity index is 2.07. The Morgan fingerprint density at radius 2 is 2.42 bits per heavy atom. The van der Waals surface area contributed by atoms with Crippen molar-refractivity contribution in [1.29, 1.82) is 0 Å². The van der Waals surface area contributed by atoms with Crippen molar-refractivity contribution < 1.29 is 9.47 Å². The van der Waals surface area contributed by atoms with Crippen LogP contribution in [0.4, 0.5) is 0 Å². The quantitative estimate of drug-likeness (QED) is 0.914. The van der Waals surface area contributed by atoms with Crippen LogP contribution in [0.3, 0.4) is 0 Å². The van der Waals surface area contributed by atoms with E-state index in [0.29, 0.717) is 0 Å². The largest absolute Gasteiger partial charge is 0.497 e. The molecule has 1 N–H and O–H groups in total. The molecule has 0 saturated carbocycles. The first-order chi connectivity index (χ1) is 9.33. The third kappa shape index (κ3) is 2.19. The molecule has 1 aromatic heterocycles. The van der Waals surface area contributed by atoms with Gasteiger partial charge in [0, 0.05) is 25.7 Å². The van der Waals surface area contributed by atoms with E-state index in [-0.39, 0.29) is 6.10 Å². The van der Waals surface area contributed by atoms with Crippen molar-refractivity contribution in [3.05, 3.63) is 24.0 Å². The number of imidazole rings is 1. The lowest BCUT2D eigenvalue weighted by Crippen LogP contribution is -2.34. The van der Waals surface area contributed by atoms with Crippen LogP contribution < -0.4 is 10.1 Å². The Kier molecular flexibility index (Phi) is 3.40. The minimum absolute atomic E-state index is 0.0343. The first kappa shape index (κ1) is 12.4. The summed E-state index contributed by atoms with van der Waals surface area (Å²) >= 11 is 0. The second-order valence-electron chi connectivity index (χ2n) is 4.63. The van der Waals surface area contributed by atoms with Crippen molar-refractivity contribution in [2.45, 2.75) is 19.6 Å². The van der Waals surface area contributed by atoms with E-state index in [1.165, 1.54) is 0 Å². The van der Waals surface area contributed by atoms with E-state index in [0.717, 1.165) is 48.8 Å². The SMILES string of the molecule is CCn1c(C2CNCCO2)nc2cc(OC)ccc21. The van der Waals surface area contributed by atoms with Gasteiger partial charge in [0.15, 0.2) is 0 Å². The molecule has 1 aromatic carbocycles. The molecule has 0 spiro atoms. The molecule has 1 atom stereocenters. The molecule has 3 rings (SSSR count). The summed E-state index contributed by atoms with van der Waals surface area (Å²) < 4.78 is 13.3. The Hall–Kier alpha value is -1.59. The van der Waals surface area contributed by atoms with Crippen molar-refractivity contribution in [2.75, 3.05) is 26.8 Å². The number of morpholine rings is 1. The maximum Gasteiger partial charge on any atom is 0.140 e. The molecule has 1 fully saturated rings. The number of aryl methyl sites for hydroxylation is 1. The lowest BCUT2D eigenvalue weighted by molar-refractivity contribution is 0.0204. The molecular formula is C14H19N3O2. The number of hydrogen-bond acceptors (Lipinski definition) is 4. The summed E-state index contributed by atoms with van der Waals surface area (Å²) in [5.74, 6) is 1.83. The molecule has 0 amide bonds. The average molecular weight is 261 g/mol. The van der Waals surface area contributed by atoms with Crippen molar-refractivity contribution in [2.24, 2.45) is 0 Å². The summed E-state index contributed by atoms with van der Waals surface area (Å²) in [6.07, 6.45) is 0.0343. The lowest BCUT2D eigenvalue weighted by Gasteiger charge is -2.23. The normalized spacial score (nSPS) is 19.8. The molecule has 5 nitrogen and oxygen atoms in total. The smallest absolute Gasteiger partial charge is 0.140 e. The van der Waals surface area contributed by atoms with E-state index in [9.17, 15) is 0 Å². The van der Waals surface area contributed by atoms with Crippen molar-refractivity contribution in [3.8, 4) is 5.75 Å². The van der Waals surface area contributed by atoms with Gasteiger partial charge in [-0.25, -0.2) is 4.98 Å². The van der Waals surface area contributed by atoms with Gasteiger partial charge in [-0.3, -0.25) is 0 Å². The predicted molar refractivity (Wildman–Crippen MR) is 73.5 cm³/mol. The van der Waals surface area contributed by atoms with Gasteiger partial charge < -0.3 is 19.4 Å². The second kappa shape index (κ2) is 5.19. The van der Waals surface area contributed by atoms with Crippen LogP contribution >= 0.6 is 0 Å². The molecule has 0 radical (unpaired) electrons. The third-order valence-electron chi connectivity index (χ3n) is 3.52. The number of ether oxygens (including phenoxy) is 2. The predicted octanol–water partition coefficient (Wildman–Crippen LogP) is 1.73. The number of benzene rings is 1. The van der Waals surface area contributed by atoms with E-state index >= 15 is 0 Å². The molecule has 1 aliphatic heterocycles. The van der Waals surface area contributed by atoms with Gasteiger partial charge in [0.05, 0.1) is 24.8 Å². The van der Waals surface area contributed by atoms with E-state index in [1.54, 1.807) is 7.11 Å². The van der Waals surface area contributed by atoms with Gasteiger partial charge >= 0.3 is 0 Å². The van der Waals surface area contributed by atoms with Gasteiger partial charge in [-0.15, -0.1) is 0 Å². The second-order valence-corrected chi connectivity index (χ2v) is 4.63. The first-order valence-electron chi connectivity index (χ1n) is 6.70. The van der Waals surface area contributed by atoms with E-state index < -0.39 is 0 Å². The number of fused-ring (bicyclic) bond motifs is 1. The van der Waals surface area contributed by atoms with Crippen LogP contribution in [0, 0.1) is 0 Å². The van der Waals surface area contributed by atoms with Gasteiger partial charge in [0.2, 0.25) is 0 Å². The van der Waals surface area contributed by atoms with E-state index in [1.807, 2.05) is 12.1 Å². The maximum absolute atomic E-state index is 5.82. The van der Waals surface area contributed by atoms with Crippen LogP contribution in [0.5, 0.6) is 5.75 Å². The van der Waals surface area contributed by atoms with Gasteiger partial charge in [-0.1, -0.05) is 0 Å². The number of rotatable bonds is 3. The molecule has 0 aliphatic carbocycles. The van der Waals surface area contributed by atoms with Gasteiger partial charge in [-0.2, -0.15) is 0 Å². The minimum Gasteiger partial charge on any atom is -0.497 e. The third-order valence-corrected chi connectivity index (χ3v) is 3.52. The molecule has 102 valence electrons. The lowest BCUT2D eigenvalue weighted by atomic mass is 10.3. The van der Waals surface area contributed by atoms with Crippen LogP contribution in [0.15, 0.2) is 18.2 Å². The summed E-state index contributed by atoms with van der Waals surface area (Å²) in [5.41, 5.74) is 2.10. The minimum atomic E-state index is 0.0343. The van der Waals surface area contributed by atoms with Crippen LogP contribution in [0.1, 0.15) is 18.9 Å². The van der Waals surface area contributed by atoms with Gasteiger partial charge in [0.25, 0.3) is 0 Å². The Labute approximate surface area is 112 Å². The first-order valence-corrected chi connectivity index (χ1v) is 6.70. The monoisotopic (exact) mass is 261 g/mol. The zero-order valence-electron chi connectivity index (χ0n) is 11.3. The summed E-state index contributed by atoms with van der Waals surface area (Å²) in [4.78, 5) is 4.73. The number of nitrogens with one attached hydrogen (secondary N) is 1. The highest BCUT2D eigenvalue weighted by atomic mass is 16.5. The Morgan fingerprint density at radius 3 is 3.11 bits per heavy atom. The molecule has 2 aromatic rings.